The fourth-order valence-electron chi connectivity index (χ4n) is 1.24. The third kappa shape index (κ3) is 3.49. The lowest BCUT2D eigenvalue weighted by Gasteiger charge is -2.05. The zero-order valence-electron chi connectivity index (χ0n) is 8.40. The van der Waals surface area contributed by atoms with Crippen molar-refractivity contribution in [3.63, 3.8) is 0 Å². The van der Waals surface area contributed by atoms with Gasteiger partial charge in [-0.05, 0) is 17.7 Å². The number of halogens is 1. The smallest absolute Gasteiger partial charge is 0.254 e. The highest BCUT2D eigenvalue weighted by Gasteiger charge is 2.06. The topological polar surface area (TPSA) is 48.3 Å². The fraction of sp³-hybridized carbons (Fsp3) is 0.400. The summed E-state index contributed by atoms with van der Waals surface area (Å²) in [7, 11) is 1.57. The monoisotopic (exact) mass is 229 g/mol. The highest BCUT2D eigenvalue weighted by Crippen LogP contribution is 1.96. The first-order valence-electron chi connectivity index (χ1n) is 4.50. The van der Waals surface area contributed by atoms with Crippen LogP contribution in [0.25, 0.3) is 0 Å². The molecule has 0 fully saturated rings. The minimum Gasteiger partial charge on any atom is -0.383 e. The highest BCUT2D eigenvalue weighted by atomic mass is 35.5. The van der Waals surface area contributed by atoms with Crippen molar-refractivity contribution in [2.75, 3.05) is 13.7 Å². The molecule has 82 valence electrons. The Labute approximate surface area is 92.4 Å². The Morgan fingerprint density at radius 3 is 2.93 bits per heavy atom. The molecule has 0 aliphatic rings. The molecular formula is C10H12ClNO3. The lowest BCUT2D eigenvalue weighted by atomic mass is 10.2. The normalized spacial score (nSPS) is 10.3. The molecule has 0 unspecified atom stereocenters. The molecule has 0 atom stereocenters. The Hall–Kier alpha value is -1.13. The van der Waals surface area contributed by atoms with E-state index in [2.05, 4.69) is 0 Å². The van der Waals surface area contributed by atoms with E-state index in [4.69, 9.17) is 16.3 Å². The standard InChI is InChI=1S/C10H12ClNO3/c1-15-6-5-12-4-2-3-8(10(12)14)7-9(11)13/h2-4H,5-7H2,1H3. The number of carbonyl (C=O) groups is 1. The predicted octanol–water partition coefficient (Wildman–Crippen LogP) is 0.803. The summed E-state index contributed by atoms with van der Waals surface area (Å²) in [6, 6.07) is 3.32. The maximum Gasteiger partial charge on any atom is 0.254 e. The van der Waals surface area contributed by atoms with E-state index >= 15 is 0 Å². The molecule has 5 heteroatoms. The quantitative estimate of drug-likeness (QED) is 0.702. The van der Waals surface area contributed by atoms with Crippen LogP contribution < -0.4 is 5.56 Å². The van der Waals surface area contributed by atoms with E-state index in [1.165, 1.54) is 4.57 Å². The Morgan fingerprint density at radius 2 is 2.33 bits per heavy atom. The van der Waals surface area contributed by atoms with Gasteiger partial charge in [-0.1, -0.05) is 6.07 Å². The largest absolute Gasteiger partial charge is 0.383 e. The van der Waals surface area contributed by atoms with Crippen LogP contribution in [0, 0.1) is 0 Å². The van der Waals surface area contributed by atoms with Crippen LogP contribution in [0.5, 0.6) is 0 Å². The number of carbonyl (C=O) groups excluding carboxylic acids is 1. The second-order valence-corrected chi connectivity index (χ2v) is 3.48. The van der Waals surface area contributed by atoms with E-state index in [0.29, 0.717) is 18.7 Å². The Morgan fingerprint density at radius 1 is 1.60 bits per heavy atom. The fourth-order valence-corrected chi connectivity index (χ4v) is 1.38. The van der Waals surface area contributed by atoms with Crippen molar-refractivity contribution >= 4 is 16.8 Å². The van der Waals surface area contributed by atoms with Gasteiger partial charge >= 0.3 is 0 Å². The van der Waals surface area contributed by atoms with Crippen LogP contribution in [0.2, 0.25) is 0 Å². The summed E-state index contributed by atoms with van der Waals surface area (Å²) in [5.41, 5.74) is 0.220. The summed E-state index contributed by atoms with van der Waals surface area (Å²) in [4.78, 5) is 22.4. The number of ether oxygens (including phenoxy) is 1. The number of hydrogen-bond acceptors (Lipinski definition) is 3. The molecule has 1 aromatic rings. The average Bonchev–Trinajstić information content (AvgIpc) is 2.19. The molecule has 0 radical (unpaired) electrons. The zero-order chi connectivity index (χ0) is 11.3. The lowest BCUT2D eigenvalue weighted by molar-refractivity contribution is -0.111. The molecule has 0 spiro atoms. The van der Waals surface area contributed by atoms with E-state index < -0.39 is 5.24 Å². The Balaban J connectivity index is 2.90. The van der Waals surface area contributed by atoms with Crippen LogP contribution in [0.15, 0.2) is 23.1 Å². The maximum absolute atomic E-state index is 11.7. The summed E-state index contributed by atoms with van der Waals surface area (Å²) in [5.74, 6) is 0. The van der Waals surface area contributed by atoms with Crippen LogP contribution in [0.3, 0.4) is 0 Å². The molecule has 1 aromatic heterocycles. The van der Waals surface area contributed by atoms with Gasteiger partial charge in [-0.2, -0.15) is 0 Å². The molecule has 0 amide bonds. The molecule has 0 aliphatic heterocycles. The van der Waals surface area contributed by atoms with Crippen LogP contribution in [-0.2, 0) is 22.5 Å². The molecular weight excluding hydrogens is 218 g/mol. The van der Waals surface area contributed by atoms with Crippen molar-refractivity contribution in [2.24, 2.45) is 0 Å². The van der Waals surface area contributed by atoms with Gasteiger partial charge in [0.15, 0.2) is 0 Å². The van der Waals surface area contributed by atoms with Gasteiger partial charge in [0, 0.05) is 25.4 Å². The number of hydrogen-bond donors (Lipinski definition) is 0. The second kappa shape index (κ2) is 5.68. The third-order valence-electron chi connectivity index (χ3n) is 1.96. The van der Waals surface area contributed by atoms with E-state index in [1.54, 1.807) is 25.4 Å². The van der Waals surface area contributed by atoms with Gasteiger partial charge in [0.25, 0.3) is 5.56 Å². The highest BCUT2D eigenvalue weighted by molar-refractivity contribution is 6.63. The van der Waals surface area contributed by atoms with Crippen LogP contribution in [0.4, 0.5) is 0 Å². The zero-order valence-corrected chi connectivity index (χ0v) is 9.16. The van der Waals surface area contributed by atoms with Gasteiger partial charge in [0.05, 0.1) is 13.0 Å². The average molecular weight is 230 g/mol. The SMILES string of the molecule is COCCn1cccc(CC(=O)Cl)c1=O. The first-order chi connectivity index (χ1) is 7.15. The van der Waals surface area contributed by atoms with E-state index in [1.807, 2.05) is 0 Å². The maximum atomic E-state index is 11.7. The molecule has 1 heterocycles. The number of nitrogens with zero attached hydrogens (tertiary/aromatic N) is 1. The number of methoxy groups -OCH3 is 1. The molecule has 4 nitrogen and oxygen atoms in total. The van der Waals surface area contributed by atoms with E-state index in [-0.39, 0.29) is 12.0 Å². The van der Waals surface area contributed by atoms with Crippen LogP contribution in [0.1, 0.15) is 5.56 Å². The van der Waals surface area contributed by atoms with E-state index in [9.17, 15) is 9.59 Å². The van der Waals surface area contributed by atoms with Gasteiger partial charge in [-0.3, -0.25) is 9.59 Å². The van der Waals surface area contributed by atoms with Gasteiger partial charge in [0.2, 0.25) is 5.24 Å². The minimum absolute atomic E-state index is 0.0335. The summed E-state index contributed by atoms with van der Waals surface area (Å²) in [6.07, 6.45) is 1.62. The summed E-state index contributed by atoms with van der Waals surface area (Å²) in [6.45, 7) is 0.928. The van der Waals surface area contributed by atoms with Crippen LogP contribution >= 0.6 is 11.6 Å². The molecule has 0 N–H and O–H groups in total. The second-order valence-electron chi connectivity index (χ2n) is 3.06. The van der Waals surface area contributed by atoms with Crippen molar-refractivity contribution in [1.29, 1.82) is 0 Å². The summed E-state index contributed by atoms with van der Waals surface area (Å²) in [5, 5.41) is -0.531. The van der Waals surface area contributed by atoms with Crippen molar-refractivity contribution in [2.45, 2.75) is 13.0 Å². The first-order valence-corrected chi connectivity index (χ1v) is 4.88. The van der Waals surface area contributed by atoms with Crippen molar-refractivity contribution < 1.29 is 9.53 Å². The molecule has 0 aliphatic carbocycles. The number of aromatic nitrogens is 1. The van der Waals surface area contributed by atoms with Gasteiger partial charge in [-0.25, -0.2) is 0 Å². The van der Waals surface area contributed by atoms with Crippen LogP contribution in [-0.4, -0.2) is 23.5 Å². The Kier molecular flexibility index (Phi) is 4.52. The van der Waals surface area contributed by atoms with Crippen molar-refractivity contribution in [1.82, 2.24) is 4.57 Å². The summed E-state index contributed by atoms with van der Waals surface area (Å²) < 4.78 is 6.37. The molecule has 0 aromatic carbocycles. The summed E-state index contributed by atoms with van der Waals surface area (Å²) >= 11 is 5.23. The third-order valence-corrected chi connectivity index (χ3v) is 2.10. The predicted molar refractivity (Wildman–Crippen MR) is 57.1 cm³/mol. The minimum atomic E-state index is -0.531. The molecule has 0 saturated carbocycles. The van der Waals surface area contributed by atoms with Crippen molar-refractivity contribution in [3.8, 4) is 0 Å². The molecule has 0 saturated heterocycles. The van der Waals surface area contributed by atoms with Crippen molar-refractivity contribution in [3.05, 3.63) is 34.2 Å². The number of pyridine rings is 1. The van der Waals surface area contributed by atoms with Gasteiger partial charge in [0.1, 0.15) is 0 Å². The molecule has 0 bridgehead atoms. The molecule has 15 heavy (non-hydrogen) atoms. The van der Waals surface area contributed by atoms with Gasteiger partial charge < -0.3 is 9.30 Å². The number of rotatable bonds is 5. The Bertz CT molecular complexity index is 400. The first kappa shape index (κ1) is 11.9. The molecule has 1 rings (SSSR count). The van der Waals surface area contributed by atoms with Gasteiger partial charge in [-0.15, -0.1) is 0 Å². The lowest BCUT2D eigenvalue weighted by Crippen LogP contribution is -2.25. The van der Waals surface area contributed by atoms with E-state index in [0.717, 1.165) is 0 Å².